The van der Waals surface area contributed by atoms with Gasteiger partial charge < -0.3 is 9.26 Å². The first-order chi connectivity index (χ1) is 13.5. The van der Waals surface area contributed by atoms with Gasteiger partial charge in [0.15, 0.2) is 5.52 Å². The Morgan fingerprint density at radius 2 is 1.96 bits per heavy atom. The number of rotatable bonds is 4. The van der Waals surface area contributed by atoms with Crippen LogP contribution in [0.5, 0.6) is 5.75 Å². The van der Waals surface area contributed by atoms with Crippen molar-refractivity contribution in [2.75, 3.05) is 7.11 Å². The molecule has 0 saturated heterocycles. The van der Waals surface area contributed by atoms with E-state index in [1.807, 2.05) is 12.1 Å². The molecule has 0 saturated carbocycles. The zero-order valence-electron chi connectivity index (χ0n) is 15.1. The van der Waals surface area contributed by atoms with Crippen molar-refractivity contribution in [3.8, 4) is 17.0 Å². The highest BCUT2D eigenvalue weighted by atomic mass is 79.9. The van der Waals surface area contributed by atoms with Crippen molar-refractivity contribution < 1.29 is 13.7 Å². The number of nitrogens with zero attached hydrogens (tertiary/aromatic N) is 3. The van der Waals surface area contributed by atoms with Gasteiger partial charge in [-0.1, -0.05) is 27.2 Å². The Morgan fingerprint density at radius 1 is 1.21 bits per heavy atom. The van der Waals surface area contributed by atoms with E-state index >= 15 is 0 Å². The Balaban J connectivity index is 1.90. The van der Waals surface area contributed by atoms with E-state index in [1.165, 1.54) is 10.7 Å². The smallest absolute Gasteiger partial charge is 0.297 e. The van der Waals surface area contributed by atoms with Gasteiger partial charge in [0, 0.05) is 15.6 Å². The third-order valence-electron chi connectivity index (χ3n) is 4.46. The molecule has 0 radical (unpaired) electrons. The molecule has 4 aromatic rings. The second-order valence-electron chi connectivity index (χ2n) is 6.24. The fraction of sp³-hybridized carbons (Fsp3) is 0.150. The lowest BCUT2D eigenvalue weighted by Crippen LogP contribution is -2.25. The average Bonchev–Trinajstić information content (AvgIpc) is 3.08. The first kappa shape index (κ1) is 18.4. The maximum Gasteiger partial charge on any atom is 0.297 e. The predicted octanol–water partition coefficient (Wildman–Crippen LogP) is 4.32. The van der Waals surface area contributed by atoms with Gasteiger partial charge in [-0.2, -0.15) is 5.10 Å². The normalized spacial score (nSPS) is 11.1. The lowest BCUT2D eigenvalue weighted by Gasteiger charge is -2.10. The van der Waals surface area contributed by atoms with E-state index in [-0.39, 0.29) is 12.1 Å². The van der Waals surface area contributed by atoms with E-state index in [2.05, 4.69) is 26.2 Å². The molecule has 142 valence electrons. The lowest BCUT2D eigenvalue weighted by molar-refractivity contribution is 0.405. The van der Waals surface area contributed by atoms with Crippen molar-refractivity contribution in [3.05, 3.63) is 74.4 Å². The van der Waals surface area contributed by atoms with Crippen molar-refractivity contribution in [2.24, 2.45) is 0 Å². The third-order valence-corrected chi connectivity index (χ3v) is 4.95. The summed E-state index contributed by atoms with van der Waals surface area (Å²) in [6.07, 6.45) is 0. The summed E-state index contributed by atoms with van der Waals surface area (Å²) >= 11 is 3.23. The van der Waals surface area contributed by atoms with Gasteiger partial charge in [0.05, 0.1) is 19.0 Å². The molecular weight excluding hydrogens is 429 g/mol. The summed E-state index contributed by atoms with van der Waals surface area (Å²) in [6.45, 7) is 1.70. The van der Waals surface area contributed by atoms with Crippen LogP contribution in [0.25, 0.3) is 22.2 Å². The number of benzene rings is 2. The standard InChI is InChI=1S/C20H15BrFN3O3/c1-11-17-18(12-4-7-15(27-2)8-5-12)23-25(20(26)19(17)24-28-11)10-13-3-6-14(21)9-16(13)22/h3-9H,10H2,1-2H3. The zero-order valence-corrected chi connectivity index (χ0v) is 16.7. The number of fused-ring (bicyclic) bond motifs is 1. The quantitative estimate of drug-likeness (QED) is 0.469. The molecule has 0 fully saturated rings. The molecule has 0 aliphatic heterocycles. The Morgan fingerprint density at radius 3 is 2.64 bits per heavy atom. The molecule has 0 amide bonds. The van der Waals surface area contributed by atoms with E-state index in [1.54, 1.807) is 38.3 Å². The number of methoxy groups -OCH3 is 1. The van der Waals surface area contributed by atoms with Crippen LogP contribution in [0.4, 0.5) is 4.39 Å². The van der Waals surface area contributed by atoms with Crippen LogP contribution in [-0.4, -0.2) is 22.0 Å². The van der Waals surface area contributed by atoms with Gasteiger partial charge in [-0.3, -0.25) is 4.79 Å². The van der Waals surface area contributed by atoms with Gasteiger partial charge in [-0.05, 0) is 43.3 Å². The predicted molar refractivity (Wildman–Crippen MR) is 106 cm³/mol. The first-order valence-electron chi connectivity index (χ1n) is 8.43. The van der Waals surface area contributed by atoms with Crippen molar-refractivity contribution in [1.82, 2.24) is 14.9 Å². The minimum Gasteiger partial charge on any atom is -0.497 e. The summed E-state index contributed by atoms with van der Waals surface area (Å²) in [5.74, 6) is 0.769. The Bertz CT molecular complexity index is 1230. The molecule has 0 spiro atoms. The molecule has 2 aromatic carbocycles. The molecular formula is C20H15BrFN3O3. The van der Waals surface area contributed by atoms with Crippen LogP contribution in [0, 0.1) is 12.7 Å². The van der Waals surface area contributed by atoms with Crippen molar-refractivity contribution in [1.29, 1.82) is 0 Å². The maximum atomic E-state index is 14.3. The fourth-order valence-electron chi connectivity index (χ4n) is 3.00. The molecule has 2 heterocycles. The van der Waals surface area contributed by atoms with Crippen LogP contribution in [0.2, 0.25) is 0 Å². The summed E-state index contributed by atoms with van der Waals surface area (Å²) in [5, 5.41) is 8.95. The molecule has 2 aromatic heterocycles. The van der Waals surface area contributed by atoms with Gasteiger partial charge in [0.1, 0.15) is 23.0 Å². The highest BCUT2D eigenvalue weighted by molar-refractivity contribution is 9.10. The van der Waals surface area contributed by atoms with Crippen molar-refractivity contribution in [3.63, 3.8) is 0 Å². The second-order valence-corrected chi connectivity index (χ2v) is 7.15. The summed E-state index contributed by atoms with van der Waals surface area (Å²) in [5.41, 5.74) is 1.37. The summed E-state index contributed by atoms with van der Waals surface area (Å²) in [7, 11) is 1.59. The maximum absolute atomic E-state index is 14.3. The first-order valence-corrected chi connectivity index (χ1v) is 9.22. The van der Waals surface area contributed by atoms with Gasteiger partial charge in [-0.25, -0.2) is 9.07 Å². The number of hydrogen-bond acceptors (Lipinski definition) is 5. The molecule has 28 heavy (non-hydrogen) atoms. The third kappa shape index (κ3) is 3.20. The Labute approximate surface area is 167 Å². The lowest BCUT2D eigenvalue weighted by atomic mass is 10.1. The molecule has 0 aliphatic carbocycles. The monoisotopic (exact) mass is 443 g/mol. The molecule has 8 heteroatoms. The minimum atomic E-state index is -0.438. The number of hydrogen-bond donors (Lipinski definition) is 0. The molecule has 0 atom stereocenters. The molecule has 0 N–H and O–H groups in total. The van der Waals surface area contributed by atoms with Crippen molar-refractivity contribution >= 4 is 26.8 Å². The highest BCUT2D eigenvalue weighted by Gasteiger charge is 2.19. The van der Waals surface area contributed by atoms with Gasteiger partial charge in [0.2, 0.25) is 0 Å². The van der Waals surface area contributed by atoms with Gasteiger partial charge in [0.25, 0.3) is 5.56 Å². The molecule has 0 unspecified atom stereocenters. The molecule has 6 nitrogen and oxygen atoms in total. The van der Waals surface area contributed by atoms with Crippen LogP contribution in [0.15, 0.2) is 56.3 Å². The number of halogens is 2. The Kier molecular flexibility index (Phi) is 4.72. The van der Waals surface area contributed by atoms with Gasteiger partial charge in [-0.15, -0.1) is 0 Å². The van der Waals surface area contributed by atoms with E-state index in [0.29, 0.717) is 32.6 Å². The zero-order chi connectivity index (χ0) is 19.8. The summed E-state index contributed by atoms with van der Waals surface area (Å²) in [6, 6.07) is 11.9. The molecule has 0 aliphatic rings. The van der Waals surface area contributed by atoms with Crippen LogP contribution in [-0.2, 0) is 6.54 Å². The SMILES string of the molecule is COc1ccc(-c2nn(Cc3ccc(Br)cc3F)c(=O)c3noc(C)c23)cc1. The number of ether oxygens (including phenoxy) is 1. The summed E-state index contributed by atoms with van der Waals surface area (Å²) in [4.78, 5) is 12.8. The fourth-order valence-corrected chi connectivity index (χ4v) is 3.34. The minimum absolute atomic E-state index is 0.0249. The van der Waals surface area contributed by atoms with E-state index in [0.717, 1.165) is 5.56 Å². The van der Waals surface area contributed by atoms with Crippen molar-refractivity contribution in [2.45, 2.75) is 13.5 Å². The second kappa shape index (κ2) is 7.20. The molecule has 0 bridgehead atoms. The van der Waals surface area contributed by atoms with E-state index < -0.39 is 11.4 Å². The average molecular weight is 444 g/mol. The molecule has 4 rings (SSSR count). The van der Waals surface area contributed by atoms with Crippen LogP contribution in [0.3, 0.4) is 0 Å². The Hall–Kier alpha value is -3.00. The topological polar surface area (TPSA) is 70.2 Å². The van der Waals surface area contributed by atoms with E-state index in [9.17, 15) is 9.18 Å². The van der Waals surface area contributed by atoms with Crippen LogP contribution >= 0.6 is 15.9 Å². The number of aromatic nitrogens is 3. The number of aryl methyl sites for hydroxylation is 1. The van der Waals surface area contributed by atoms with Gasteiger partial charge >= 0.3 is 0 Å². The summed E-state index contributed by atoms with van der Waals surface area (Å²) < 4.78 is 26.5. The van der Waals surface area contributed by atoms with Crippen LogP contribution < -0.4 is 10.3 Å². The van der Waals surface area contributed by atoms with E-state index in [4.69, 9.17) is 9.26 Å². The largest absolute Gasteiger partial charge is 0.497 e. The van der Waals surface area contributed by atoms with Crippen LogP contribution in [0.1, 0.15) is 11.3 Å². The highest BCUT2D eigenvalue weighted by Crippen LogP contribution is 2.28.